The molecule has 0 fully saturated rings. The van der Waals surface area contributed by atoms with E-state index < -0.39 is 11.2 Å². The van der Waals surface area contributed by atoms with Crippen molar-refractivity contribution in [2.24, 2.45) is 0 Å². The molecular formula is C10H16O2Pt. The molecule has 2 nitrogen and oxygen atoms in total. The summed E-state index contributed by atoms with van der Waals surface area (Å²) in [5.41, 5.74) is -1.86. The first-order chi connectivity index (χ1) is 5.12. The number of hydrogen-bond donors (Lipinski definition) is 2. The van der Waals surface area contributed by atoms with E-state index in [0.717, 1.165) is 0 Å². The van der Waals surface area contributed by atoms with Crippen LogP contribution in [0.15, 0.2) is 0 Å². The molecule has 0 aliphatic rings. The molecule has 0 aromatic carbocycles. The van der Waals surface area contributed by atoms with Crippen LogP contribution in [0.5, 0.6) is 0 Å². The minimum Gasteiger partial charge on any atom is -0.378 e. The summed E-state index contributed by atoms with van der Waals surface area (Å²) in [4.78, 5) is 0. The van der Waals surface area contributed by atoms with E-state index in [1.807, 2.05) is 0 Å². The number of aliphatic hydroxyl groups is 2. The zero-order valence-corrected chi connectivity index (χ0v) is 10.6. The van der Waals surface area contributed by atoms with Crippen molar-refractivity contribution in [2.75, 3.05) is 0 Å². The monoisotopic (exact) mass is 363 g/mol. The molecule has 0 heterocycles. The van der Waals surface area contributed by atoms with Crippen molar-refractivity contribution >= 4 is 0 Å². The molecule has 0 atom stereocenters. The standard InChI is InChI=1S/2C5H8O.Pt/c2*1-4-5(2,3)6;/h2*1,6H,2-3H3;. The SMILES string of the molecule is C#CC(C)(C)O.C#CC(C)(C)O.[Pt]. The second kappa shape index (κ2) is 7.16. The van der Waals surface area contributed by atoms with E-state index in [0.29, 0.717) is 0 Å². The van der Waals surface area contributed by atoms with Crippen LogP contribution in [-0.4, -0.2) is 21.4 Å². The maximum Gasteiger partial charge on any atom is 0.119 e. The topological polar surface area (TPSA) is 40.5 Å². The Morgan fingerprint density at radius 3 is 0.923 bits per heavy atom. The third-order valence-electron chi connectivity index (χ3n) is 0.706. The molecule has 0 rings (SSSR count). The van der Waals surface area contributed by atoms with Crippen LogP contribution in [0.1, 0.15) is 27.7 Å². The summed E-state index contributed by atoms with van der Waals surface area (Å²) < 4.78 is 0. The number of rotatable bonds is 0. The first kappa shape index (κ1) is 18.5. The Hall–Kier alpha value is -0.272. The van der Waals surface area contributed by atoms with Crippen molar-refractivity contribution in [1.82, 2.24) is 0 Å². The maximum atomic E-state index is 8.59. The Balaban J connectivity index is -0.000000143. The largest absolute Gasteiger partial charge is 0.378 e. The molecule has 0 radical (unpaired) electrons. The van der Waals surface area contributed by atoms with Crippen LogP contribution < -0.4 is 0 Å². The second-order valence-corrected chi connectivity index (χ2v) is 3.41. The van der Waals surface area contributed by atoms with E-state index in [-0.39, 0.29) is 21.1 Å². The van der Waals surface area contributed by atoms with E-state index in [2.05, 4.69) is 11.8 Å². The van der Waals surface area contributed by atoms with Gasteiger partial charge in [-0.15, -0.1) is 12.8 Å². The van der Waals surface area contributed by atoms with Crippen LogP contribution in [0.25, 0.3) is 0 Å². The Kier molecular flexibility index (Phi) is 10.2. The summed E-state index contributed by atoms with van der Waals surface area (Å²) in [5.74, 6) is 4.32. The van der Waals surface area contributed by atoms with Crippen molar-refractivity contribution in [3.05, 3.63) is 0 Å². The van der Waals surface area contributed by atoms with Gasteiger partial charge in [-0.1, -0.05) is 11.8 Å². The van der Waals surface area contributed by atoms with Crippen LogP contribution in [0.3, 0.4) is 0 Å². The van der Waals surface area contributed by atoms with Gasteiger partial charge in [0, 0.05) is 21.1 Å². The van der Waals surface area contributed by atoms with Gasteiger partial charge in [0.05, 0.1) is 0 Å². The van der Waals surface area contributed by atoms with Gasteiger partial charge in [-0.05, 0) is 27.7 Å². The molecule has 0 amide bonds. The molecule has 0 aliphatic heterocycles. The van der Waals surface area contributed by atoms with Gasteiger partial charge in [-0.3, -0.25) is 0 Å². The Labute approximate surface area is 95.0 Å². The van der Waals surface area contributed by atoms with Gasteiger partial charge in [0.2, 0.25) is 0 Å². The molecule has 0 saturated heterocycles. The molecule has 0 aliphatic carbocycles. The van der Waals surface area contributed by atoms with Crippen molar-refractivity contribution in [2.45, 2.75) is 38.9 Å². The third kappa shape index (κ3) is 33.8. The quantitative estimate of drug-likeness (QED) is 0.625. The third-order valence-corrected chi connectivity index (χ3v) is 0.706. The Bertz CT molecular complexity index is 171. The first-order valence-corrected chi connectivity index (χ1v) is 3.52. The molecule has 0 bridgehead atoms. The van der Waals surface area contributed by atoms with E-state index in [1.54, 1.807) is 27.7 Å². The summed E-state index contributed by atoms with van der Waals surface area (Å²) in [5, 5.41) is 17.2. The molecule has 0 saturated carbocycles. The fourth-order valence-electron chi connectivity index (χ4n) is 0. The summed E-state index contributed by atoms with van der Waals surface area (Å²) in [6, 6.07) is 0. The average molecular weight is 363 g/mol. The van der Waals surface area contributed by atoms with Crippen molar-refractivity contribution in [3.63, 3.8) is 0 Å². The zero-order valence-electron chi connectivity index (χ0n) is 8.37. The average Bonchev–Trinajstić information content (AvgIpc) is 1.86. The van der Waals surface area contributed by atoms with Crippen LogP contribution in [0, 0.1) is 24.7 Å². The molecule has 0 unspecified atom stereocenters. The predicted molar refractivity (Wildman–Crippen MR) is 50.3 cm³/mol. The van der Waals surface area contributed by atoms with Crippen molar-refractivity contribution in [3.8, 4) is 24.7 Å². The van der Waals surface area contributed by atoms with E-state index in [4.69, 9.17) is 23.1 Å². The molecule has 78 valence electrons. The van der Waals surface area contributed by atoms with Gasteiger partial charge in [0.15, 0.2) is 0 Å². The minimum absolute atomic E-state index is 0. The van der Waals surface area contributed by atoms with Gasteiger partial charge in [-0.2, -0.15) is 0 Å². The summed E-state index contributed by atoms with van der Waals surface area (Å²) in [6.07, 6.45) is 9.61. The molecule has 2 N–H and O–H groups in total. The summed E-state index contributed by atoms with van der Waals surface area (Å²) in [6.45, 7) is 6.25. The van der Waals surface area contributed by atoms with Crippen molar-refractivity contribution < 1.29 is 31.3 Å². The van der Waals surface area contributed by atoms with Crippen LogP contribution in [-0.2, 0) is 21.1 Å². The van der Waals surface area contributed by atoms with Gasteiger partial charge >= 0.3 is 0 Å². The second-order valence-electron chi connectivity index (χ2n) is 3.41. The van der Waals surface area contributed by atoms with Gasteiger partial charge in [-0.25, -0.2) is 0 Å². The molecule has 13 heavy (non-hydrogen) atoms. The molecule has 0 aromatic rings. The normalized spacial score (nSPS) is 9.54. The molecule has 0 aromatic heterocycles. The van der Waals surface area contributed by atoms with E-state index in [9.17, 15) is 0 Å². The minimum atomic E-state index is -0.931. The Morgan fingerprint density at radius 1 is 0.846 bits per heavy atom. The molecule has 3 heteroatoms. The summed E-state index contributed by atoms with van der Waals surface area (Å²) in [7, 11) is 0. The van der Waals surface area contributed by atoms with E-state index >= 15 is 0 Å². The van der Waals surface area contributed by atoms with Gasteiger partial charge in [0.25, 0.3) is 0 Å². The predicted octanol–water partition coefficient (Wildman–Crippen LogP) is 0.778. The fourth-order valence-corrected chi connectivity index (χ4v) is 0. The van der Waals surface area contributed by atoms with Gasteiger partial charge < -0.3 is 10.2 Å². The van der Waals surface area contributed by atoms with Crippen LogP contribution in [0.4, 0.5) is 0 Å². The summed E-state index contributed by atoms with van der Waals surface area (Å²) >= 11 is 0. The van der Waals surface area contributed by atoms with Crippen molar-refractivity contribution in [1.29, 1.82) is 0 Å². The zero-order chi connectivity index (χ0) is 10.4. The fraction of sp³-hybridized carbons (Fsp3) is 0.600. The van der Waals surface area contributed by atoms with Gasteiger partial charge in [0.1, 0.15) is 11.2 Å². The first-order valence-electron chi connectivity index (χ1n) is 3.52. The Morgan fingerprint density at radius 2 is 0.923 bits per heavy atom. The van der Waals surface area contributed by atoms with Crippen LogP contribution in [0.2, 0.25) is 0 Å². The molecular weight excluding hydrogens is 347 g/mol. The van der Waals surface area contributed by atoms with E-state index in [1.165, 1.54) is 0 Å². The molecule has 0 spiro atoms. The maximum absolute atomic E-state index is 8.59. The van der Waals surface area contributed by atoms with Crippen LogP contribution >= 0.6 is 0 Å². The smallest absolute Gasteiger partial charge is 0.119 e. The number of hydrogen-bond acceptors (Lipinski definition) is 2. The number of terminal acetylenes is 2.